The Balaban J connectivity index is 0.00000176. The third-order valence-electron chi connectivity index (χ3n) is 5.33. The number of rotatable bonds is 3. The number of carbonyl (C=O) groups excluding carboxylic acids is 2. The van der Waals surface area contributed by atoms with Crippen LogP contribution in [0.15, 0.2) is 0 Å². The summed E-state index contributed by atoms with van der Waals surface area (Å²) in [6, 6.07) is 0.869. The molecule has 3 aliphatic rings. The van der Waals surface area contributed by atoms with Crippen LogP contribution in [0, 0.1) is 5.92 Å². The molecule has 0 aliphatic carbocycles. The average molecular weight is 331 g/mol. The van der Waals surface area contributed by atoms with Gasteiger partial charge in [-0.3, -0.25) is 4.79 Å². The Morgan fingerprint density at radius 3 is 2.45 bits per heavy atom. The van der Waals surface area contributed by atoms with Crippen LogP contribution in [0.4, 0.5) is 0 Å². The normalized spacial score (nSPS) is 34.0. The molecular weight excluding hydrogens is 304 g/mol. The number of ether oxygens (including phenoxy) is 1. The molecule has 3 fully saturated rings. The summed E-state index contributed by atoms with van der Waals surface area (Å²) >= 11 is 0. The van der Waals surface area contributed by atoms with E-state index < -0.39 is 0 Å². The van der Waals surface area contributed by atoms with Crippen molar-refractivity contribution in [2.75, 3.05) is 13.7 Å². The molecule has 3 heterocycles. The van der Waals surface area contributed by atoms with E-state index in [9.17, 15) is 9.59 Å². The van der Waals surface area contributed by atoms with Crippen LogP contribution in [0.1, 0.15) is 51.4 Å². The number of nitrogens with zero attached hydrogens (tertiary/aromatic N) is 1. The number of hydrogen-bond acceptors (Lipinski definition) is 4. The summed E-state index contributed by atoms with van der Waals surface area (Å²) < 4.78 is 4.86. The summed E-state index contributed by atoms with van der Waals surface area (Å²) in [5, 5.41) is 3.61. The molecule has 0 aromatic heterocycles. The zero-order valence-electron chi connectivity index (χ0n) is 13.3. The van der Waals surface area contributed by atoms with Crippen molar-refractivity contribution in [2.24, 2.45) is 5.92 Å². The average Bonchev–Trinajstić information content (AvgIpc) is 2.85. The van der Waals surface area contributed by atoms with Gasteiger partial charge in [0, 0.05) is 25.0 Å². The van der Waals surface area contributed by atoms with E-state index in [1.807, 2.05) is 0 Å². The largest absolute Gasteiger partial charge is 0.467 e. The van der Waals surface area contributed by atoms with Gasteiger partial charge in [-0.2, -0.15) is 0 Å². The highest BCUT2D eigenvalue weighted by Crippen LogP contribution is 2.33. The topological polar surface area (TPSA) is 58.6 Å². The molecule has 1 amide bonds. The van der Waals surface area contributed by atoms with Crippen molar-refractivity contribution in [1.82, 2.24) is 10.2 Å². The van der Waals surface area contributed by atoms with Gasteiger partial charge >= 0.3 is 5.97 Å². The summed E-state index contributed by atoms with van der Waals surface area (Å²) in [6.07, 6.45) is 8.07. The number of halogens is 1. The van der Waals surface area contributed by atoms with E-state index in [0.29, 0.717) is 31.0 Å². The molecular formula is C16H27ClN2O3. The number of likely N-dealkylation sites (tertiary alicyclic amines) is 1. The SMILES string of the molecule is COC(=O)C1CCCCN1C(=O)CC1CC2CCC(C1)N2.Cl. The highest BCUT2D eigenvalue weighted by Gasteiger charge is 2.37. The Kier molecular flexibility index (Phi) is 6.09. The van der Waals surface area contributed by atoms with Crippen LogP contribution in [-0.2, 0) is 14.3 Å². The Morgan fingerprint density at radius 2 is 1.82 bits per heavy atom. The minimum absolute atomic E-state index is 0. The van der Waals surface area contributed by atoms with Gasteiger partial charge < -0.3 is 15.0 Å². The van der Waals surface area contributed by atoms with Gasteiger partial charge in [0.25, 0.3) is 0 Å². The molecule has 3 unspecified atom stereocenters. The van der Waals surface area contributed by atoms with E-state index in [1.165, 1.54) is 20.0 Å². The van der Waals surface area contributed by atoms with E-state index in [-0.39, 0.29) is 30.3 Å². The lowest BCUT2D eigenvalue weighted by atomic mass is 9.88. The van der Waals surface area contributed by atoms with Crippen LogP contribution in [0.3, 0.4) is 0 Å². The number of esters is 1. The van der Waals surface area contributed by atoms with Crippen molar-refractivity contribution in [1.29, 1.82) is 0 Å². The van der Waals surface area contributed by atoms with Gasteiger partial charge in [-0.05, 0) is 50.9 Å². The lowest BCUT2D eigenvalue weighted by Gasteiger charge is -2.36. The van der Waals surface area contributed by atoms with E-state index in [0.717, 1.165) is 32.1 Å². The molecule has 3 rings (SSSR count). The van der Waals surface area contributed by atoms with Gasteiger partial charge in [0.1, 0.15) is 6.04 Å². The summed E-state index contributed by atoms with van der Waals surface area (Å²) in [5.74, 6) is 0.376. The standard InChI is InChI=1S/C16H26N2O3.ClH/c1-21-16(20)14-4-2-3-7-18(14)15(19)10-11-8-12-5-6-13(9-11)17-12;/h11-14,17H,2-10H2,1H3;1H. The highest BCUT2D eigenvalue weighted by atomic mass is 35.5. The van der Waals surface area contributed by atoms with Crippen LogP contribution in [-0.4, -0.2) is 48.6 Å². The van der Waals surface area contributed by atoms with Gasteiger partial charge in [0.15, 0.2) is 0 Å². The maximum absolute atomic E-state index is 12.6. The van der Waals surface area contributed by atoms with Crippen molar-refractivity contribution in [3.05, 3.63) is 0 Å². The first-order chi connectivity index (χ1) is 10.2. The first kappa shape index (κ1) is 17.5. The van der Waals surface area contributed by atoms with E-state index in [1.54, 1.807) is 4.90 Å². The second-order valence-electron chi connectivity index (χ2n) is 6.80. The fraction of sp³-hybridized carbons (Fsp3) is 0.875. The lowest BCUT2D eigenvalue weighted by Crippen LogP contribution is -2.49. The summed E-state index contributed by atoms with van der Waals surface area (Å²) in [6.45, 7) is 0.705. The van der Waals surface area contributed by atoms with Gasteiger partial charge in [0.05, 0.1) is 7.11 Å². The summed E-state index contributed by atoms with van der Waals surface area (Å²) in [4.78, 5) is 26.3. The highest BCUT2D eigenvalue weighted by molar-refractivity contribution is 5.85. The maximum Gasteiger partial charge on any atom is 0.328 e. The van der Waals surface area contributed by atoms with Crippen molar-refractivity contribution >= 4 is 24.3 Å². The third-order valence-corrected chi connectivity index (χ3v) is 5.33. The molecule has 3 aliphatic heterocycles. The predicted molar refractivity (Wildman–Crippen MR) is 85.9 cm³/mol. The Hall–Kier alpha value is -0.810. The monoisotopic (exact) mass is 330 g/mol. The number of fused-ring (bicyclic) bond motifs is 2. The smallest absolute Gasteiger partial charge is 0.328 e. The van der Waals surface area contributed by atoms with Crippen molar-refractivity contribution in [2.45, 2.75) is 69.5 Å². The third kappa shape index (κ3) is 3.74. The first-order valence-corrected chi connectivity index (χ1v) is 8.30. The van der Waals surface area contributed by atoms with Crippen LogP contribution in [0.2, 0.25) is 0 Å². The molecule has 3 saturated heterocycles. The molecule has 0 radical (unpaired) electrons. The molecule has 3 atom stereocenters. The Bertz CT molecular complexity index is 406. The van der Waals surface area contributed by atoms with Crippen molar-refractivity contribution < 1.29 is 14.3 Å². The predicted octanol–water partition coefficient (Wildman–Crippen LogP) is 1.88. The van der Waals surface area contributed by atoms with E-state index >= 15 is 0 Å². The van der Waals surface area contributed by atoms with E-state index in [4.69, 9.17) is 4.74 Å². The minimum atomic E-state index is -0.352. The van der Waals surface area contributed by atoms with Crippen LogP contribution >= 0.6 is 12.4 Å². The second-order valence-corrected chi connectivity index (χ2v) is 6.80. The van der Waals surface area contributed by atoms with Crippen LogP contribution in [0.5, 0.6) is 0 Å². The van der Waals surface area contributed by atoms with E-state index in [2.05, 4.69) is 5.32 Å². The maximum atomic E-state index is 12.6. The quantitative estimate of drug-likeness (QED) is 0.803. The molecule has 0 aromatic rings. The zero-order chi connectivity index (χ0) is 14.8. The molecule has 0 spiro atoms. The minimum Gasteiger partial charge on any atom is -0.467 e. The number of amides is 1. The van der Waals surface area contributed by atoms with Gasteiger partial charge in [-0.1, -0.05) is 0 Å². The Morgan fingerprint density at radius 1 is 1.14 bits per heavy atom. The number of hydrogen-bond donors (Lipinski definition) is 1. The van der Waals surface area contributed by atoms with Crippen LogP contribution in [0.25, 0.3) is 0 Å². The van der Waals surface area contributed by atoms with Crippen LogP contribution < -0.4 is 5.32 Å². The Labute approximate surface area is 138 Å². The van der Waals surface area contributed by atoms with Crippen molar-refractivity contribution in [3.63, 3.8) is 0 Å². The molecule has 5 nitrogen and oxygen atoms in total. The molecule has 2 bridgehead atoms. The van der Waals surface area contributed by atoms with Crippen molar-refractivity contribution in [3.8, 4) is 0 Å². The first-order valence-electron chi connectivity index (χ1n) is 8.30. The number of nitrogens with one attached hydrogen (secondary N) is 1. The van der Waals surface area contributed by atoms with Gasteiger partial charge in [-0.15, -0.1) is 12.4 Å². The number of methoxy groups -OCH3 is 1. The molecule has 1 N–H and O–H groups in total. The molecule has 0 saturated carbocycles. The summed E-state index contributed by atoms with van der Waals surface area (Å²) in [7, 11) is 1.41. The second kappa shape index (κ2) is 7.64. The fourth-order valence-electron chi connectivity index (χ4n) is 4.32. The molecule has 0 aromatic carbocycles. The summed E-state index contributed by atoms with van der Waals surface area (Å²) in [5.41, 5.74) is 0. The number of carbonyl (C=O) groups is 2. The molecule has 6 heteroatoms. The fourth-order valence-corrected chi connectivity index (χ4v) is 4.32. The van der Waals surface area contributed by atoms with Gasteiger partial charge in [0.2, 0.25) is 5.91 Å². The molecule has 22 heavy (non-hydrogen) atoms. The lowest BCUT2D eigenvalue weighted by molar-refractivity contribution is -0.155. The zero-order valence-corrected chi connectivity index (χ0v) is 14.1. The molecule has 126 valence electrons. The number of piperidine rings is 2. The van der Waals surface area contributed by atoms with Gasteiger partial charge in [-0.25, -0.2) is 4.79 Å².